The minimum Gasteiger partial charge on any atom is -0.461 e. The van der Waals surface area contributed by atoms with E-state index in [1.165, 1.54) is 11.8 Å². The Labute approximate surface area is 210 Å². The van der Waals surface area contributed by atoms with Gasteiger partial charge >= 0.3 is 13.7 Å². The van der Waals surface area contributed by atoms with E-state index in [0.29, 0.717) is 0 Å². The maximum Gasteiger partial charge on any atom is 0.459 e. The van der Waals surface area contributed by atoms with E-state index in [4.69, 9.17) is 18.5 Å². The van der Waals surface area contributed by atoms with Crippen molar-refractivity contribution in [3.63, 3.8) is 0 Å². The van der Waals surface area contributed by atoms with Gasteiger partial charge in [-0.1, -0.05) is 24.8 Å². The van der Waals surface area contributed by atoms with Crippen molar-refractivity contribution < 1.29 is 37.8 Å². The highest BCUT2D eigenvalue weighted by Crippen LogP contribution is 2.46. The molecule has 0 unspecified atom stereocenters. The lowest BCUT2D eigenvalue weighted by Crippen LogP contribution is -2.39. The predicted molar refractivity (Wildman–Crippen MR) is 131 cm³/mol. The third kappa shape index (κ3) is 6.44. The molecule has 0 aromatic heterocycles. The smallest absolute Gasteiger partial charge is 0.459 e. The topological polar surface area (TPSA) is 124 Å². The normalized spacial score (nSPS) is 27.1. The van der Waals surface area contributed by atoms with Crippen molar-refractivity contribution in [1.82, 2.24) is 9.99 Å². The Hall–Kier alpha value is -2.49. The summed E-state index contributed by atoms with van der Waals surface area (Å²) in [7, 11) is -4.09. The van der Waals surface area contributed by atoms with E-state index in [1.54, 1.807) is 36.5 Å². The van der Waals surface area contributed by atoms with Gasteiger partial charge in [0.1, 0.15) is 30.2 Å². The SMILES string of the molecule is C=C1CC(=O)N([C@@H]2C[C@@H](O)[C@H](CO[P@@](=O)(N[C@@H](C)C(=O)OC3CCC3)Oc3ccccc3)O2)C=C1C. The first-order valence-corrected chi connectivity index (χ1v) is 13.7. The second-order valence-electron chi connectivity index (χ2n) is 9.36. The van der Waals surface area contributed by atoms with Crippen LogP contribution in [0, 0.1) is 0 Å². The van der Waals surface area contributed by atoms with Gasteiger partial charge in [0, 0.05) is 12.6 Å². The lowest BCUT2D eigenvalue weighted by molar-refractivity contribution is -0.154. The zero-order valence-corrected chi connectivity index (χ0v) is 21.4. The van der Waals surface area contributed by atoms with Crippen LogP contribution >= 0.6 is 7.75 Å². The van der Waals surface area contributed by atoms with Gasteiger partial charge in [0.05, 0.1) is 19.1 Å². The van der Waals surface area contributed by atoms with Crippen molar-refractivity contribution in [3.8, 4) is 5.75 Å². The molecule has 0 spiro atoms. The number of esters is 1. The van der Waals surface area contributed by atoms with Gasteiger partial charge in [-0.3, -0.25) is 19.0 Å². The van der Waals surface area contributed by atoms with Gasteiger partial charge in [-0.2, -0.15) is 5.09 Å². The molecule has 2 N–H and O–H groups in total. The number of nitrogens with one attached hydrogen (secondary N) is 1. The van der Waals surface area contributed by atoms with Crippen molar-refractivity contribution in [3.05, 3.63) is 54.3 Å². The molecule has 0 bridgehead atoms. The molecule has 1 aliphatic carbocycles. The molecular weight excluding hydrogens is 487 g/mol. The molecule has 4 rings (SSSR count). The van der Waals surface area contributed by atoms with Crippen LogP contribution in [0.4, 0.5) is 0 Å². The highest BCUT2D eigenvalue weighted by molar-refractivity contribution is 7.52. The standard InChI is InChI=1S/C25H33N2O8P/c1-16-12-23(29)27(14-17(16)2)24-13-21(28)22(34-24)15-32-36(31,35-20-8-5-4-6-9-20)26-18(3)25(30)33-19-10-7-11-19/h4-6,8-9,14,18-19,21-22,24,28H,1,7,10-13,15H2,2-3H3,(H,26,31)/t18-,21+,22-,24-,36-/m0/s1. The first-order chi connectivity index (χ1) is 17.1. The molecular formula is C25H33N2O8P. The Bertz CT molecular complexity index is 1060. The van der Waals surface area contributed by atoms with Gasteiger partial charge in [0.2, 0.25) is 5.91 Å². The Kier molecular flexibility index (Phi) is 8.32. The van der Waals surface area contributed by atoms with Crippen LogP contribution in [0.1, 0.15) is 46.0 Å². The lowest BCUT2D eigenvalue weighted by Gasteiger charge is -2.30. The number of nitrogens with zero attached hydrogens (tertiary/aromatic N) is 1. The third-order valence-electron chi connectivity index (χ3n) is 6.48. The molecule has 1 saturated carbocycles. The number of aliphatic hydroxyl groups is 1. The molecule has 3 aliphatic rings. The van der Waals surface area contributed by atoms with Crippen molar-refractivity contribution in [2.45, 2.75) is 76.5 Å². The summed E-state index contributed by atoms with van der Waals surface area (Å²) in [4.78, 5) is 26.4. The van der Waals surface area contributed by atoms with Crippen molar-refractivity contribution in [1.29, 1.82) is 0 Å². The van der Waals surface area contributed by atoms with Crippen LogP contribution in [0.25, 0.3) is 0 Å². The second kappa shape index (κ2) is 11.3. The Morgan fingerprint density at radius 1 is 1.33 bits per heavy atom. The quantitative estimate of drug-likeness (QED) is 0.353. The molecule has 1 aromatic rings. The fourth-order valence-electron chi connectivity index (χ4n) is 3.99. The summed E-state index contributed by atoms with van der Waals surface area (Å²) in [6.45, 7) is 6.96. The van der Waals surface area contributed by atoms with E-state index in [0.717, 1.165) is 30.4 Å². The average Bonchev–Trinajstić information content (AvgIpc) is 3.18. The maximum atomic E-state index is 13.7. The van der Waals surface area contributed by atoms with Gasteiger partial charge in [-0.05, 0) is 56.4 Å². The minimum atomic E-state index is -4.09. The van der Waals surface area contributed by atoms with Gasteiger partial charge in [0.25, 0.3) is 0 Å². The molecule has 2 fully saturated rings. The molecule has 196 valence electrons. The summed E-state index contributed by atoms with van der Waals surface area (Å²) < 4.78 is 36.3. The largest absolute Gasteiger partial charge is 0.461 e. The first kappa shape index (κ1) is 26.6. The Morgan fingerprint density at radius 3 is 2.72 bits per heavy atom. The molecule has 1 aromatic carbocycles. The number of carbonyl (C=O) groups is 2. The van der Waals surface area contributed by atoms with Gasteiger partial charge in [-0.15, -0.1) is 0 Å². The van der Waals surface area contributed by atoms with Crippen LogP contribution < -0.4 is 9.61 Å². The number of ether oxygens (including phenoxy) is 2. The number of hydrogen-bond acceptors (Lipinski definition) is 8. The second-order valence-corrected chi connectivity index (χ2v) is 11.1. The number of aliphatic hydroxyl groups excluding tert-OH is 1. The van der Waals surface area contributed by atoms with Gasteiger partial charge in [0.15, 0.2) is 0 Å². The Morgan fingerprint density at radius 2 is 2.06 bits per heavy atom. The molecule has 11 heteroatoms. The predicted octanol–water partition coefficient (Wildman–Crippen LogP) is 3.43. The van der Waals surface area contributed by atoms with E-state index < -0.39 is 38.2 Å². The third-order valence-corrected chi connectivity index (χ3v) is 8.12. The molecule has 36 heavy (non-hydrogen) atoms. The van der Waals surface area contributed by atoms with E-state index in [1.807, 2.05) is 6.92 Å². The summed E-state index contributed by atoms with van der Waals surface area (Å²) in [5, 5.41) is 13.2. The first-order valence-electron chi connectivity index (χ1n) is 12.1. The molecule has 1 amide bonds. The minimum absolute atomic E-state index is 0.122. The summed E-state index contributed by atoms with van der Waals surface area (Å²) in [5.74, 6) is -0.453. The number of allylic oxidation sites excluding steroid dienone is 1. The molecule has 1 saturated heterocycles. The highest BCUT2D eigenvalue weighted by Gasteiger charge is 2.42. The average molecular weight is 521 g/mol. The number of amides is 1. The van der Waals surface area contributed by atoms with Crippen molar-refractivity contribution in [2.24, 2.45) is 0 Å². The molecule has 2 heterocycles. The molecule has 5 atom stereocenters. The summed E-state index contributed by atoms with van der Waals surface area (Å²) >= 11 is 0. The fraction of sp³-hybridized carbons (Fsp3) is 0.520. The van der Waals surface area contributed by atoms with Crippen LogP contribution in [0.2, 0.25) is 0 Å². The van der Waals surface area contributed by atoms with Gasteiger partial charge in [-0.25, -0.2) is 4.57 Å². The zero-order valence-electron chi connectivity index (χ0n) is 20.5. The molecule has 0 radical (unpaired) electrons. The fourth-order valence-corrected chi connectivity index (χ4v) is 5.49. The molecule has 10 nitrogen and oxygen atoms in total. The lowest BCUT2D eigenvalue weighted by atomic mass is 9.96. The number of hydrogen-bond donors (Lipinski definition) is 2. The zero-order chi connectivity index (χ0) is 25.9. The van der Waals surface area contributed by atoms with Crippen molar-refractivity contribution >= 4 is 19.6 Å². The van der Waals surface area contributed by atoms with Gasteiger partial charge < -0.3 is 19.1 Å². The number of carbonyl (C=O) groups excluding carboxylic acids is 2. The Balaban J connectivity index is 1.41. The van der Waals surface area contributed by atoms with Crippen LogP contribution in [0.3, 0.4) is 0 Å². The summed E-state index contributed by atoms with van der Waals surface area (Å²) in [6, 6.07) is 7.45. The monoisotopic (exact) mass is 520 g/mol. The van der Waals surface area contributed by atoms with E-state index >= 15 is 0 Å². The van der Waals surface area contributed by atoms with Crippen LogP contribution in [0.5, 0.6) is 5.75 Å². The molecule has 2 aliphatic heterocycles. The maximum absolute atomic E-state index is 13.7. The van der Waals surface area contributed by atoms with Crippen LogP contribution in [0.15, 0.2) is 54.3 Å². The van der Waals surface area contributed by atoms with E-state index in [9.17, 15) is 19.3 Å². The van der Waals surface area contributed by atoms with Crippen LogP contribution in [-0.2, 0) is 28.2 Å². The number of para-hydroxylation sites is 1. The van der Waals surface area contributed by atoms with E-state index in [2.05, 4.69) is 11.7 Å². The van der Waals surface area contributed by atoms with E-state index in [-0.39, 0.29) is 37.2 Å². The summed E-state index contributed by atoms with van der Waals surface area (Å²) in [5.41, 5.74) is 1.60. The number of benzene rings is 1. The van der Waals surface area contributed by atoms with Crippen LogP contribution in [-0.4, -0.2) is 59.1 Å². The summed E-state index contributed by atoms with van der Waals surface area (Å²) in [6.07, 6.45) is 2.00. The highest BCUT2D eigenvalue weighted by atomic mass is 31.2. The van der Waals surface area contributed by atoms with Crippen molar-refractivity contribution in [2.75, 3.05) is 6.61 Å². The number of rotatable bonds is 10.